The van der Waals surface area contributed by atoms with Gasteiger partial charge in [0.1, 0.15) is 5.60 Å². The molecule has 0 bridgehead atoms. The van der Waals surface area contributed by atoms with Gasteiger partial charge in [-0.3, -0.25) is 4.98 Å². The highest BCUT2D eigenvalue weighted by Gasteiger charge is 2.27. The molecule has 6 nitrogen and oxygen atoms in total. The molecule has 0 saturated carbocycles. The molecule has 1 atom stereocenters. The second-order valence-corrected chi connectivity index (χ2v) is 7.22. The Balaban J connectivity index is 1.78. The lowest BCUT2D eigenvalue weighted by atomic mass is 9.98. The number of ether oxygens (including phenoxy) is 1. The van der Waals surface area contributed by atoms with Gasteiger partial charge in [0.25, 0.3) is 0 Å². The number of hydrogen-bond donors (Lipinski definition) is 1. The Labute approximate surface area is 142 Å². The molecular weight excluding hydrogens is 316 g/mol. The maximum Gasteiger partial charge on any atom is 0.410 e. The van der Waals surface area contributed by atoms with Crippen LogP contribution in [0.3, 0.4) is 0 Å². The summed E-state index contributed by atoms with van der Waals surface area (Å²) in [7, 11) is 0. The first-order valence-electron chi connectivity index (χ1n) is 7.99. The second kappa shape index (κ2) is 7.93. The fourth-order valence-electron chi connectivity index (χ4n) is 2.59. The Morgan fingerprint density at radius 2 is 2.17 bits per heavy atom. The van der Waals surface area contributed by atoms with E-state index in [0.717, 1.165) is 38.2 Å². The highest BCUT2D eigenvalue weighted by Crippen LogP contribution is 2.19. The van der Waals surface area contributed by atoms with Crippen LogP contribution in [-0.4, -0.2) is 46.2 Å². The van der Waals surface area contributed by atoms with Crippen molar-refractivity contribution in [2.24, 2.45) is 5.92 Å². The molecule has 1 fully saturated rings. The van der Waals surface area contributed by atoms with Crippen molar-refractivity contribution in [2.75, 3.05) is 19.6 Å². The van der Waals surface area contributed by atoms with Gasteiger partial charge in [-0.1, -0.05) is 11.6 Å². The summed E-state index contributed by atoms with van der Waals surface area (Å²) in [5.41, 5.74) is 0.291. The normalized spacial score (nSPS) is 18.8. The average molecular weight is 341 g/mol. The van der Waals surface area contributed by atoms with Gasteiger partial charge in [-0.25, -0.2) is 9.78 Å². The lowest BCUT2D eigenvalue weighted by molar-refractivity contribution is 0.0166. The van der Waals surface area contributed by atoms with Gasteiger partial charge in [-0.2, -0.15) is 0 Å². The minimum absolute atomic E-state index is 0.223. The van der Waals surface area contributed by atoms with Crippen LogP contribution in [0, 0.1) is 5.92 Å². The zero-order valence-electron chi connectivity index (χ0n) is 14.0. The smallest absolute Gasteiger partial charge is 0.410 e. The number of nitrogens with one attached hydrogen (secondary N) is 1. The molecule has 2 rings (SSSR count). The van der Waals surface area contributed by atoms with Crippen molar-refractivity contribution in [1.29, 1.82) is 0 Å². The van der Waals surface area contributed by atoms with Crippen molar-refractivity contribution in [1.82, 2.24) is 20.2 Å². The van der Waals surface area contributed by atoms with E-state index in [0.29, 0.717) is 17.6 Å². The van der Waals surface area contributed by atoms with Crippen molar-refractivity contribution < 1.29 is 9.53 Å². The molecule has 7 heteroatoms. The summed E-state index contributed by atoms with van der Waals surface area (Å²) in [5, 5.41) is 3.78. The van der Waals surface area contributed by atoms with Crippen LogP contribution in [0.15, 0.2) is 12.4 Å². The first-order valence-corrected chi connectivity index (χ1v) is 8.37. The quantitative estimate of drug-likeness (QED) is 0.912. The number of carbonyl (C=O) groups excluding carboxylic acids is 1. The maximum atomic E-state index is 12.1. The molecule has 128 valence electrons. The Morgan fingerprint density at radius 3 is 2.87 bits per heavy atom. The predicted molar refractivity (Wildman–Crippen MR) is 89.3 cm³/mol. The van der Waals surface area contributed by atoms with E-state index in [1.54, 1.807) is 17.3 Å². The molecule has 1 aliphatic heterocycles. The molecule has 1 N–H and O–H groups in total. The molecule has 0 radical (unpaired) electrons. The number of likely N-dealkylation sites (tertiary alicyclic amines) is 1. The van der Waals surface area contributed by atoms with Gasteiger partial charge in [0.2, 0.25) is 0 Å². The number of aromatic nitrogens is 2. The fourth-order valence-corrected chi connectivity index (χ4v) is 2.76. The van der Waals surface area contributed by atoms with E-state index in [2.05, 4.69) is 15.3 Å². The van der Waals surface area contributed by atoms with E-state index in [9.17, 15) is 4.79 Å². The molecule has 1 saturated heterocycles. The molecule has 1 aromatic rings. The highest BCUT2D eigenvalue weighted by molar-refractivity contribution is 6.29. The number of hydrogen-bond acceptors (Lipinski definition) is 5. The largest absolute Gasteiger partial charge is 0.444 e. The zero-order chi connectivity index (χ0) is 16.9. The van der Waals surface area contributed by atoms with E-state index in [1.807, 2.05) is 20.8 Å². The SMILES string of the molecule is CC(C)(C)OC(=O)N1CCC[C@H](CNCc2nccnc2Cl)C1. The number of carbonyl (C=O) groups is 1. The van der Waals surface area contributed by atoms with Gasteiger partial charge in [-0.15, -0.1) is 0 Å². The standard InChI is InChI=1S/C16H25ClN4O2/c1-16(2,3)23-15(22)21-8-4-5-12(11-21)9-18-10-13-14(17)20-7-6-19-13/h6-7,12,18H,4-5,8-11H2,1-3H3/t12-/m1/s1. The van der Waals surface area contributed by atoms with Crippen molar-refractivity contribution in [3.63, 3.8) is 0 Å². The number of piperidine rings is 1. The van der Waals surface area contributed by atoms with Gasteiger partial charge in [0.05, 0.1) is 5.69 Å². The van der Waals surface area contributed by atoms with Crippen LogP contribution in [0.4, 0.5) is 4.79 Å². The molecular formula is C16H25ClN4O2. The van der Waals surface area contributed by atoms with Crippen LogP contribution >= 0.6 is 11.6 Å². The minimum Gasteiger partial charge on any atom is -0.444 e. The van der Waals surface area contributed by atoms with Crippen LogP contribution in [0.1, 0.15) is 39.3 Å². The van der Waals surface area contributed by atoms with Crippen molar-refractivity contribution >= 4 is 17.7 Å². The van der Waals surface area contributed by atoms with Crippen LogP contribution in [-0.2, 0) is 11.3 Å². The first-order chi connectivity index (χ1) is 10.8. The van der Waals surface area contributed by atoms with E-state index in [1.165, 1.54) is 0 Å². The van der Waals surface area contributed by atoms with Gasteiger partial charge in [0.15, 0.2) is 5.15 Å². The summed E-state index contributed by atoms with van der Waals surface area (Å²) >= 11 is 5.99. The number of nitrogens with zero attached hydrogens (tertiary/aromatic N) is 3. The van der Waals surface area contributed by atoms with Crippen LogP contribution in [0.25, 0.3) is 0 Å². The first kappa shape index (κ1) is 17.9. The molecule has 23 heavy (non-hydrogen) atoms. The molecule has 1 aliphatic rings. The van der Waals surface area contributed by atoms with Gasteiger partial charge >= 0.3 is 6.09 Å². The molecule has 1 amide bonds. The molecule has 0 aliphatic carbocycles. The monoisotopic (exact) mass is 340 g/mol. The average Bonchev–Trinajstić information content (AvgIpc) is 2.48. The Bertz CT molecular complexity index is 533. The summed E-state index contributed by atoms with van der Waals surface area (Å²) in [4.78, 5) is 22.2. The molecule has 0 unspecified atom stereocenters. The third kappa shape index (κ3) is 5.95. The summed E-state index contributed by atoms with van der Waals surface area (Å²) in [6, 6.07) is 0. The van der Waals surface area contributed by atoms with E-state index in [4.69, 9.17) is 16.3 Å². The maximum absolute atomic E-state index is 12.1. The second-order valence-electron chi connectivity index (χ2n) is 6.86. The van der Waals surface area contributed by atoms with Crippen molar-refractivity contribution in [3.05, 3.63) is 23.2 Å². The van der Waals surface area contributed by atoms with Crippen LogP contribution in [0.2, 0.25) is 5.15 Å². The third-order valence-corrected chi connectivity index (χ3v) is 3.93. The van der Waals surface area contributed by atoms with Crippen LogP contribution < -0.4 is 5.32 Å². The number of rotatable bonds is 4. The van der Waals surface area contributed by atoms with Crippen LogP contribution in [0.5, 0.6) is 0 Å². The zero-order valence-corrected chi connectivity index (χ0v) is 14.8. The molecule has 0 aromatic carbocycles. The highest BCUT2D eigenvalue weighted by atomic mass is 35.5. The topological polar surface area (TPSA) is 67.3 Å². The summed E-state index contributed by atoms with van der Waals surface area (Å²) in [6.45, 7) is 8.54. The Hall–Kier alpha value is -1.40. The molecule has 2 heterocycles. The summed E-state index contributed by atoms with van der Waals surface area (Å²) < 4.78 is 5.45. The Kier molecular flexibility index (Phi) is 6.18. The van der Waals surface area contributed by atoms with Gasteiger partial charge in [-0.05, 0) is 39.5 Å². The number of halogens is 1. The summed E-state index contributed by atoms with van der Waals surface area (Å²) in [5.74, 6) is 0.409. The molecule has 0 spiro atoms. The van der Waals surface area contributed by atoms with Crippen molar-refractivity contribution in [2.45, 2.75) is 45.8 Å². The van der Waals surface area contributed by atoms with E-state index < -0.39 is 5.60 Å². The lowest BCUT2D eigenvalue weighted by Gasteiger charge is -2.34. The Morgan fingerprint density at radius 1 is 1.43 bits per heavy atom. The van der Waals surface area contributed by atoms with Crippen molar-refractivity contribution in [3.8, 4) is 0 Å². The van der Waals surface area contributed by atoms with Gasteiger partial charge in [0, 0.05) is 38.6 Å². The predicted octanol–water partition coefficient (Wildman–Crippen LogP) is 2.87. The summed E-state index contributed by atoms with van der Waals surface area (Å²) in [6.07, 6.45) is 5.08. The van der Waals surface area contributed by atoms with E-state index >= 15 is 0 Å². The third-order valence-electron chi connectivity index (χ3n) is 3.62. The van der Waals surface area contributed by atoms with Gasteiger partial charge < -0.3 is 15.0 Å². The molecule has 1 aromatic heterocycles. The van der Waals surface area contributed by atoms with E-state index in [-0.39, 0.29) is 6.09 Å². The minimum atomic E-state index is -0.453. The number of amides is 1. The lowest BCUT2D eigenvalue weighted by Crippen LogP contribution is -2.45. The fraction of sp³-hybridized carbons (Fsp3) is 0.688.